The van der Waals surface area contributed by atoms with Gasteiger partial charge in [0.1, 0.15) is 11.3 Å². The number of nitrogens with one attached hydrogen (secondary N) is 2. The summed E-state index contributed by atoms with van der Waals surface area (Å²) in [6.45, 7) is -0.272. The number of hydrogen-bond donors (Lipinski definition) is 2. The molecule has 0 aliphatic carbocycles. The number of anilines is 3. The third-order valence-electron chi connectivity index (χ3n) is 5.21. The second kappa shape index (κ2) is 10.3. The Balaban J connectivity index is 1.56. The number of hydrazine groups is 1. The van der Waals surface area contributed by atoms with Crippen molar-refractivity contribution in [2.45, 2.75) is 0 Å². The molecule has 0 aromatic heterocycles. The largest absolute Gasteiger partial charge is 0.483 e. The summed E-state index contributed by atoms with van der Waals surface area (Å²) >= 11 is 5.88. The molecule has 0 spiro atoms. The first kappa shape index (κ1) is 23.8. The Morgan fingerprint density at radius 2 is 1.77 bits per heavy atom. The van der Waals surface area contributed by atoms with Crippen LogP contribution in [-0.2, 0) is 14.4 Å². The van der Waals surface area contributed by atoms with Gasteiger partial charge in [0.25, 0.3) is 17.7 Å². The molecule has 3 aromatic carbocycles. The van der Waals surface area contributed by atoms with Crippen LogP contribution in [0.2, 0.25) is 5.02 Å². The Labute approximate surface area is 207 Å². The Bertz CT molecular complexity index is 1290. The molecule has 3 amide bonds. The maximum atomic E-state index is 13.0. The summed E-state index contributed by atoms with van der Waals surface area (Å²) in [6, 6.07) is 20.8. The topological polar surface area (TPSA) is 91.0 Å². The van der Waals surface area contributed by atoms with E-state index in [2.05, 4.69) is 10.7 Å². The molecule has 1 fully saturated rings. The van der Waals surface area contributed by atoms with Crippen molar-refractivity contribution in [1.29, 1.82) is 0 Å². The molecule has 0 unspecified atom stereocenters. The van der Waals surface area contributed by atoms with Crippen LogP contribution in [0.25, 0.3) is 6.08 Å². The number of nitrogens with zero attached hydrogens (tertiary/aromatic N) is 2. The summed E-state index contributed by atoms with van der Waals surface area (Å²) in [6.07, 6.45) is 1.46. The second-order valence-electron chi connectivity index (χ2n) is 7.94. The number of hydrogen-bond acceptors (Lipinski definition) is 5. The van der Waals surface area contributed by atoms with Gasteiger partial charge in [0, 0.05) is 42.1 Å². The molecule has 178 valence electrons. The van der Waals surface area contributed by atoms with Gasteiger partial charge in [-0.15, -0.1) is 0 Å². The van der Waals surface area contributed by atoms with Gasteiger partial charge < -0.3 is 15.0 Å². The molecule has 1 saturated heterocycles. The van der Waals surface area contributed by atoms with Crippen LogP contribution in [0.5, 0.6) is 5.75 Å². The summed E-state index contributed by atoms with van der Waals surface area (Å²) in [5, 5.41) is 4.49. The SMILES string of the molecule is CN(C)c1ccc(/C=C2/C(=O)NN(c3ccccc3)C2=O)c(OCC(=O)Nc2ccc(Cl)cc2)c1. The number of carbonyl (C=O) groups excluding carboxylic acids is 3. The van der Waals surface area contributed by atoms with Crippen molar-refractivity contribution < 1.29 is 19.1 Å². The molecule has 1 aliphatic rings. The van der Waals surface area contributed by atoms with Crippen LogP contribution in [0.3, 0.4) is 0 Å². The second-order valence-corrected chi connectivity index (χ2v) is 8.37. The monoisotopic (exact) mass is 490 g/mol. The van der Waals surface area contributed by atoms with E-state index in [9.17, 15) is 14.4 Å². The van der Waals surface area contributed by atoms with E-state index in [1.807, 2.05) is 31.1 Å². The van der Waals surface area contributed by atoms with E-state index in [4.69, 9.17) is 16.3 Å². The normalized spacial score (nSPS) is 14.1. The van der Waals surface area contributed by atoms with Crippen LogP contribution in [0, 0.1) is 0 Å². The maximum Gasteiger partial charge on any atom is 0.282 e. The fourth-order valence-corrected chi connectivity index (χ4v) is 3.52. The number of para-hydroxylation sites is 1. The van der Waals surface area contributed by atoms with Crippen molar-refractivity contribution in [2.24, 2.45) is 0 Å². The third-order valence-corrected chi connectivity index (χ3v) is 5.46. The van der Waals surface area contributed by atoms with Crippen molar-refractivity contribution in [3.05, 3.63) is 89.0 Å². The molecule has 8 nitrogen and oxygen atoms in total. The van der Waals surface area contributed by atoms with Gasteiger partial charge in [0.2, 0.25) is 0 Å². The predicted octanol–water partition coefficient (Wildman–Crippen LogP) is 3.88. The number of carbonyl (C=O) groups is 3. The molecule has 9 heteroatoms. The van der Waals surface area contributed by atoms with E-state index in [1.165, 1.54) is 11.1 Å². The first-order chi connectivity index (χ1) is 16.8. The third kappa shape index (κ3) is 5.62. The number of ether oxygens (including phenoxy) is 1. The van der Waals surface area contributed by atoms with E-state index in [1.54, 1.807) is 60.7 Å². The van der Waals surface area contributed by atoms with Crippen molar-refractivity contribution in [2.75, 3.05) is 35.9 Å². The van der Waals surface area contributed by atoms with Gasteiger partial charge in [-0.3, -0.25) is 19.8 Å². The number of amides is 3. The number of benzene rings is 3. The van der Waals surface area contributed by atoms with Gasteiger partial charge in [-0.2, -0.15) is 0 Å². The predicted molar refractivity (Wildman–Crippen MR) is 136 cm³/mol. The van der Waals surface area contributed by atoms with E-state index < -0.39 is 11.8 Å². The molecule has 0 radical (unpaired) electrons. The zero-order chi connectivity index (χ0) is 24.9. The van der Waals surface area contributed by atoms with Crippen LogP contribution in [0.4, 0.5) is 17.1 Å². The summed E-state index contributed by atoms with van der Waals surface area (Å²) in [7, 11) is 3.74. The Morgan fingerprint density at radius 3 is 2.46 bits per heavy atom. The summed E-state index contributed by atoms with van der Waals surface area (Å²) in [5.74, 6) is -1.02. The van der Waals surface area contributed by atoms with Gasteiger partial charge in [-0.1, -0.05) is 29.8 Å². The number of rotatable bonds is 7. The zero-order valence-electron chi connectivity index (χ0n) is 19.1. The summed E-state index contributed by atoms with van der Waals surface area (Å²) < 4.78 is 5.81. The smallest absolute Gasteiger partial charge is 0.282 e. The molecule has 0 bridgehead atoms. The lowest BCUT2D eigenvalue weighted by molar-refractivity contribution is -0.118. The molecule has 2 N–H and O–H groups in total. The molecule has 0 atom stereocenters. The molecule has 0 saturated carbocycles. The fourth-order valence-electron chi connectivity index (χ4n) is 3.39. The summed E-state index contributed by atoms with van der Waals surface area (Å²) in [4.78, 5) is 39.8. The average Bonchev–Trinajstić information content (AvgIpc) is 3.13. The molecule has 35 heavy (non-hydrogen) atoms. The highest BCUT2D eigenvalue weighted by atomic mass is 35.5. The van der Waals surface area contributed by atoms with Crippen LogP contribution in [0.15, 0.2) is 78.4 Å². The lowest BCUT2D eigenvalue weighted by Crippen LogP contribution is -2.35. The molecule has 1 aliphatic heterocycles. The minimum Gasteiger partial charge on any atom is -0.483 e. The first-order valence-electron chi connectivity index (χ1n) is 10.7. The number of halogens is 1. The quantitative estimate of drug-likeness (QED) is 0.387. The van der Waals surface area contributed by atoms with Crippen molar-refractivity contribution >= 4 is 52.5 Å². The fraction of sp³-hybridized carbons (Fsp3) is 0.115. The van der Waals surface area contributed by atoms with Gasteiger partial charge in [0.05, 0.1) is 5.69 Å². The van der Waals surface area contributed by atoms with Crippen LogP contribution < -0.4 is 25.4 Å². The highest BCUT2D eigenvalue weighted by Crippen LogP contribution is 2.29. The standard InChI is InChI=1S/C26H23ClN4O4/c1-30(2)21-13-8-17(14-22-25(33)29-31(26(22)34)20-6-4-3-5-7-20)23(15-21)35-16-24(32)28-19-11-9-18(27)10-12-19/h3-15H,16H2,1-2H3,(H,28,32)(H,29,33)/b22-14-. The Morgan fingerprint density at radius 1 is 1.06 bits per heavy atom. The van der Waals surface area contributed by atoms with Crippen molar-refractivity contribution in [3.8, 4) is 5.75 Å². The van der Waals surface area contributed by atoms with E-state index >= 15 is 0 Å². The Hall–Kier alpha value is -4.30. The molecule has 3 aromatic rings. The van der Waals surface area contributed by atoms with E-state index in [0.717, 1.165) is 5.69 Å². The minimum atomic E-state index is -0.526. The average molecular weight is 491 g/mol. The van der Waals surface area contributed by atoms with Crippen LogP contribution in [-0.4, -0.2) is 38.4 Å². The molecular weight excluding hydrogens is 468 g/mol. The zero-order valence-corrected chi connectivity index (χ0v) is 19.9. The van der Waals surface area contributed by atoms with Crippen LogP contribution in [0.1, 0.15) is 5.56 Å². The summed E-state index contributed by atoms with van der Waals surface area (Å²) in [5.41, 5.74) is 4.98. The van der Waals surface area contributed by atoms with E-state index in [-0.39, 0.29) is 18.1 Å². The van der Waals surface area contributed by atoms with Gasteiger partial charge >= 0.3 is 0 Å². The molecule has 1 heterocycles. The van der Waals surface area contributed by atoms with Gasteiger partial charge in [-0.25, -0.2) is 5.01 Å². The van der Waals surface area contributed by atoms with Gasteiger partial charge in [0.15, 0.2) is 6.61 Å². The van der Waals surface area contributed by atoms with Crippen LogP contribution >= 0.6 is 11.6 Å². The minimum absolute atomic E-state index is 0.0399. The van der Waals surface area contributed by atoms with Crippen molar-refractivity contribution in [3.63, 3.8) is 0 Å². The highest BCUT2D eigenvalue weighted by Gasteiger charge is 2.34. The highest BCUT2D eigenvalue weighted by molar-refractivity contribution is 6.31. The first-order valence-corrected chi connectivity index (χ1v) is 11.1. The van der Waals surface area contributed by atoms with Crippen molar-refractivity contribution in [1.82, 2.24) is 5.43 Å². The lowest BCUT2D eigenvalue weighted by atomic mass is 10.1. The maximum absolute atomic E-state index is 13.0. The molecular formula is C26H23ClN4O4. The Kier molecular flexibility index (Phi) is 7.03. The van der Waals surface area contributed by atoms with Gasteiger partial charge in [-0.05, 0) is 54.6 Å². The molecule has 4 rings (SSSR count). The lowest BCUT2D eigenvalue weighted by Gasteiger charge is -2.16. The van der Waals surface area contributed by atoms with E-state index in [0.29, 0.717) is 27.7 Å².